The SMILES string of the molecule is CCCCc1ccc(C#Cc2ccc3c(F)c(CC)ccc3c2)cc1. The molecule has 25 heavy (non-hydrogen) atoms. The first kappa shape index (κ1) is 17.2. The summed E-state index contributed by atoms with van der Waals surface area (Å²) in [6, 6.07) is 18.0. The lowest BCUT2D eigenvalue weighted by Gasteiger charge is -2.05. The van der Waals surface area contributed by atoms with Gasteiger partial charge >= 0.3 is 0 Å². The Bertz CT molecular complexity index is 924. The standard InChI is InChI=1S/C24H23F/c1-3-5-6-18-7-9-19(10-8-18)11-12-20-13-16-23-22(17-20)15-14-21(4-2)24(23)25/h7-10,13-17H,3-6H2,1-2H3. The quantitative estimate of drug-likeness (QED) is 0.494. The maximum atomic E-state index is 14.3. The molecule has 126 valence electrons. The molecule has 0 radical (unpaired) electrons. The van der Waals surface area contributed by atoms with Gasteiger partial charge < -0.3 is 0 Å². The molecule has 0 heterocycles. The lowest BCUT2D eigenvalue weighted by molar-refractivity contribution is 0.624. The molecule has 0 nitrogen and oxygen atoms in total. The smallest absolute Gasteiger partial charge is 0.134 e. The predicted molar refractivity (Wildman–Crippen MR) is 104 cm³/mol. The summed E-state index contributed by atoms with van der Waals surface area (Å²) in [6.07, 6.45) is 4.26. The molecule has 0 amide bonds. The van der Waals surface area contributed by atoms with E-state index in [1.165, 1.54) is 18.4 Å². The summed E-state index contributed by atoms with van der Waals surface area (Å²) in [5, 5.41) is 1.57. The van der Waals surface area contributed by atoms with Crippen LogP contribution in [0.3, 0.4) is 0 Å². The van der Waals surface area contributed by atoms with Crippen LogP contribution in [0, 0.1) is 17.7 Å². The Kier molecular flexibility index (Phi) is 5.51. The van der Waals surface area contributed by atoms with E-state index in [-0.39, 0.29) is 5.82 Å². The van der Waals surface area contributed by atoms with E-state index >= 15 is 0 Å². The van der Waals surface area contributed by atoms with Crippen molar-refractivity contribution < 1.29 is 4.39 Å². The van der Waals surface area contributed by atoms with Crippen molar-refractivity contribution in [2.75, 3.05) is 0 Å². The Morgan fingerprint density at radius 1 is 0.840 bits per heavy atom. The zero-order valence-corrected chi connectivity index (χ0v) is 14.9. The Balaban J connectivity index is 1.83. The molecule has 1 heteroatoms. The monoisotopic (exact) mass is 330 g/mol. The molecular formula is C24H23F. The number of fused-ring (bicyclic) bond motifs is 1. The fraction of sp³-hybridized carbons (Fsp3) is 0.250. The van der Waals surface area contributed by atoms with Crippen molar-refractivity contribution in [1.29, 1.82) is 0 Å². The van der Waals surface area contributed by atoms with Gasteiger partial charge in [-0.3, -0.25) is 0 Å². The van der Waals surface area contributed by atoms with Crippen molar-refractivity contribution >= 4 is 10.8 Å². The summed E-state index contributed by atoms with van der Waals surface area (Å²) in [6.45, 7) is 4.18. The van der Waals surface area contributed by atoms with Crippen molar-refractivity contribution in [3.63, 3.8) is 0 Å². The molecule has 0 aliphatic heterocycles. The molecule has 0 saturated carbocycles. The molecule has 0 atom stereocenters. The maximum Gasteiger partial charge on any atom is 0.134 e. The summed E-state index contributed by atoms with van der Waals surface area (Å²) < 4.78 is 14.3. The van der Waals surface area contributed by atoms with E-state index in [4.69, 9.17) is 0 Å². The average Bonchev–Trinajstić information content (AvgIpc) is 2.66. The number of benzene rings is 3. The van der Waals surface area contributed by atoms with E-state index in [2.05, 4.69) is 43.0 Å². The number of unbranched alkanes of at least 4 members (excludes halogenated alkanes) is 1. The first-order valence-electron chi connectivity index (χ1n) is 9.03. The zero-order chi connectivity index (χ0) is 17.6. The van der Waals surface area contributed by atoms with Crippen molar-refractivity contribution in [2.24, 2.45) is 0 Å². The van der Waals surface area contributed by atoms with Crippen molar-refractivity contribution in [2.45, 2.75) is 39.5 Å². The highest BCUT2D eigenvalue weighted by molar-refractivity contribution is 5.85. The van der Waals surface area contributed by atoms with Gasteiger partial charge in [0, 0.05) is 16.5 Å². The van der Waals surface area contributed by atoms with Gasteiger partial charge in [0.2, 0.25) is 0 Å². The minimum absolute atomic E-state index is 0.109. The van der Waals surface area contributed by atoms with Gasteiger partial charge in [-0.15, -0.1) is 0 Å². The average molecular weight is 330 g/mol. The van der Waals surface area contributed by atoms with Crippen LogP contribution in [-0.4, -0.2) is 0 Å². The van der Waals surface area contributed by atoms with Crippen LogP contribution < -0.4 is 0 Å². The van der Waals surface area contributed by atoms with Crippen LogP contribution >= 0.6 is 0 Å². The molecular weight excluding hydrogens is 307 g/mol. The third-order valence-electron chi connectivity index (χ3n) is 4.54. The molecule has 3 rings (SSSR count). The molecule has 0 N–H and O–H groups in total. The third-order valence-corrected chi connectivity index (χ3v) is 4.54. The molecule has 0 bridgehead atoms. The molecule has 0 aliphatic carbocycles. The Hall–Kier alpha value is -2.59. The van der Waals surface area contributed by atoms with E-state index in [1.807, 2.05) is 37.3 Å². The Morgan fingerprint density at radius 3 is 2.28 bits per heavy atom. The highest BCUT2D eigenvalue weighted by Crippen LogP contribution is 2.22. The largest absolute Gasteiger partial charge is 0.206 e. The summed E-state index contributed by atoms with van der Waals surface area (Å²) >= 11 is 0. The fourth-order valence-electron chi connectivity index (χ4n) is 2.97. The molecule has 0 aliphatic rings. The van der Waals surface area contributed by atoms with Gasteiger partial charge in [0.1, 0.15) is 5.82 Å². The van der Waals surface area contributed by atoms with E-state index in [9.17, 15) is 4.39 Å². The number of hydrogen-bond donors (Lipinski definition) is 0. The van der Waals surface area contributed by atoms with Crippen molar-refractivity contribution in [1.82, 2.24) is 0 Å². The van der Waals surface area contributed by atoms with Gasteiger partial charge in [0.05, 0.1) is 0 Å². The van der Waals surface area contributed by atoms with Crippen LogP contribution in [0.1, 0.15) is 48.9 Å². The van der Waals surface area contributed by atoms with E-state index in [0.29, 0.717) is 11.8 Å². The fourth-order valence-corrected chi connectivity index (χ4v) is 2.97. The number of rotatable bonds is 4. The molecule has 3 aromatic carbocycles. The molecule has 0 fully saturated rings. The number of hydrogen-bond acceptors (Lipinski definition) is 0. The molecule has 0 spiro atoms. The first-order valence-corrected chi connectivity index (χ1v) is 9.03. The zero-order valence-electron chi connectivity index (χ0n) is 14.9. The third kappa shape index (κ3) is 4.09. The highest BCUT2D eigenvalue weighted by Gasteiger charge is 2.05. The van der Waals surface area contributed by atoms with Gasteiger partial charge in [-0.05, 0) is 60.0 Å². The summed E-state index contributed by atoms with van der Waals surface area (Å²) in [5.74, 6) is 6.28. The second-order valence-corrected chi connectivity index (χ2v) is 6.38. The Labute approximate surface area is 149 Å². The topological polar surface area (TPSA) is 0 Å². The van der Waals surface area contributed by atoms with Gasteiger partial charge in [-0.2, -0.15) is 0 Å². The molecule has 0 aromatic heterocycles. The number of aryl methyl sites for hydroxylation is 2. The van der Waals surface area contributed by atoms with E-state index < -0.39 is 0 Å². The highest BCUT2D eigenvalue weighted by atomic mass is 19.1. The van der Waals surface area contributed by atoms with Gasteiger partial charge in [0.15, 0.2) is 0 Å². The van der Waals surface area contributed by atoms with Gasteiger partial charge in [-0.25, -0.2) is 4.39 Å². The number of halogens is 1. The lowest BCUT2D eigenvalue weighted by Crippen LogP contribution is -1.89. The maximum absolute atomic E-state index is 14.3. The summed E-state index contributed by atoms with van der Waals surface area (Å²) in [7, 11) is 0. The van der Waals surface area contributed by atoms with Crippen LogP contribution in [0.5, 0.6) is 0 Å². The Morgan fingerprint density at radius 2 is 1.56 bits per heavy atom. The van der Waals surface area contributed by atoms with Crippen molar-refractivity contribution in [3.05, 3.63) is 82.7 Å². The van der Waals surface area contributed by atoms with E-state index in [0.717, 1.165) is 28.5 Å². The van der Waals surface area contributed by atoms with Crippen molar-refractivity contribution in [3.8, 4) is 11.8 Å². The van der Waals surface area contributed by atoms with Gasteiger partial charge in [0.25, 0.3) is 0 Å². The minimum atomic E-state index is -0.109. The molecule has 0 saturated heterocycles. The normalized spacial score (nSPS) is 10.5. The van der Waals surface area contributed by atoms with Crippen LogP contribution in [0.4, 0.5) is 4.39 Å². The van der Waals surface area contributed by atoms with Crippen LogP contribution in [0.2, 0.25) is 0 Å². The van der Waals surface area contributed by atoms with E-state index in [1.54, 1.807) is 0 Å². The second-order valence-electron chi connectivity index (χ2n) is 6.38. The molecule has 3 aromatic rings. The predicted octanol–water partition coefficient (Wildman–Crippen LogP) is 6.28. The van der Waals surface area contributed by atoms with Crippen LogP contribution in [-0.2, 0) is 12.8 Å². The van der Waals surface area contributed by atoms with Crippen LogP contribution in [0.25, 0.3) is 10.8 Å². The lowest BCUT2D eigenvalue weighted by atomic mass is 10.0. The minimum Gasteiger partial charge on any atom is -0.206 e. The molecule has 0 unspecified atom stereocenters. The first-order chi connectivity index (χ1) is 12.2. The summed E-state index contributed by atoms with van der Waals surface area (Å²) in [5.41, 5.74) is 4.04. The second kappa shape index (κ2) is 7.99. The van der Waals surface area contributed by atoms with Crippen LogP contribution in [0.15, 0.2) is 54.6 Å². The van der Waals surface area contributed by atoms with Gasteiger partial charge in [-0.1, -0.05) is 62.4 Å². The summed E-state index contributed by atoms with van der Waals surface area (Å²) in [4.78, 5) is 0.